The molecule has 32 heavy (non-hydrogen) atoms. The van der Waals surface area contributed by atoms with Crippen LogP contribution in [0, 0.1) is 13.8 Å². The lowest BCUT2D eigenvalue weighted by atomic mass is 10.2. The highest BCUT2D eigenvalue weighted by molar-refractivity contribution is 9.10. The minimum Gasteiger partial charge on any atom is -0.379 e. The Balaban J connectivity index is 1.79. The number of rotatable bonds is 10. The van der Waals surface area contributed by atoms with Crippen molar-refractivity contribution in [1.29, 1.82) is 0 Å². The molecular weight excluding hydrogens is 492 g/mol. The summed E-state index contributed by atoms with van der Waals surface area (Å²) in [4.78, 5) is 21.8. The molecule has 0 bridgehead atoms. The molecule has 0 unspecified atom stereocenters. The summed E-state index contributed by atoms with van der Waals surface area (Å²) < 4.78 is 8.18. The molecule has 0 aliphatic rings. The third kappa shape index (κ3) is 6.85. The smallest absolute Gasteiger partial charge is 0.273 e. The van der Waals surface area contributed by atoms with Crippen LogP contribution >= 0.6 is 27.7 Å². The van der Waals surface area contributed by atoms with Crippen LogP contribution in [0.4, 0.5) is 0 Å². The average Bonchev–Trinajstić information content (AvgIpc) is 3.15. The number of carbonyl (C=O) groups is 1. The van der Waals surface area contributed by atoms with E-state index in [1.165, 1.54) is 11.8 Å². The van der Waals surface area contributed by atoms with Gasteiger partial charge in [0, 0.05) is 34.8 Å². The molecule has 8 nitrogen and oxygen atoms in total. The van der Waals surface area contributed by atoms with Crippen LogP contribution in [0.2, 0.25) is 0 Å². The lowest BCUT2D eigenvalue weighted by Crippen LogP contribution is -2.27. The molecule has 2 heterocycles. The number of carbonyl (C=O) groups excluding carboxylic acids is 1. The molecule has 2 aromatic heterocycles. The second kappa shape index (κ2) is 11.5. The molecule has 0 spiro atoms. The summed E-state index contributed by atoms with van der Waals surface area (Å²) in [5, 5.41) is 12.0. The molecule has 1 aromatic carbocycles. The van der Waals surface area contributed by atoms with Gasteiger partial charge < -0.3 is 10.1 Å². The lowest BCUT2D eigenvalue weighted by Gasteiger charge is -2.10. The van der Waals surface area contributed by atoms with Crippen molar-refractivity contribution in [3.63, 3.8) is 0 Å². The van der Waals surface area contributed by atoms with Crippen molar-refractivity contribution < 1.29 is 9.53 Å². The molecule has 1 N–H and O–H groups in total. The van der Waals surface area contributed by atoms with Crippen LogP contribution in [0.15, 0.2) is 40.0 Å². The third-order valence-electron chi connectivity index (χ3n) is 4.41. The SMILES string of the molecule is Cc1cc(C)nc(SCc2c(C(=O)NCCCOC(C)C)nnn2-c2ccc(Br)cc2)n1. The summed E-state index contributed by atoms with van der Waals surface area (Å²) in [6, 6.07) is 9.63. The maximum Gasteiger partial charge on any atom is 0.273 e. The molecule has 0 saturated carbocycles. The van der Waals surface area contributed by atoms with Gasteiger partial charge in [-0.15, -0.1) is 5.10 Å². The molecule has 0 radical (unpaired) electrons. The van der Waals surface area contributed by atoms with Crippen molar-refractivity contribution >= 4 is 33.6 Å². The largest absolute Gasteiger partial charge is 0.379 e. The lowest BCUT2D eigenvalue weighted by molar-refractivity contribution is 0.0756. The molecule has 170 valence electrons. The number of halogens is 1. The Bertz CT molecular complexity index is 1030. The number of benzene rings is 1. The van der Waals surface area contributed by atoms with Gasteiger partial charge in [-0.05, 0) is 64.4 Å². The van der Waals surface area contributed by atoms with Crippen LogP contribution in [0.25, 0.3) is 5.69 Å². The minimum atomic E-state index is -0.255. The van der Waals surface area contributed by atoms with E-state index in [2.05, 4.69) is 41.5 Å². The third-order valence-corrected chi connectivity index (χ3v) is 5.79. The Morgan fingerprint density at radius 1 is 1.19 bits per heavy atom. The topological polar surface area (TPSA) is 94.8 Å². The molecule has 0 aliphatic heterocycles. The fraction of sp³-hybridized carbons (Fsp3) is 0.409. The van der Waals surface area contributed by atoms with Crippen molar-refractivity contribution in [2.75, 3.05) is 13.2 Å². The fourth-order valence-electron chi connectivity index (χ4n) is 2.97. The highest BCUT2D eigenvalue weighted by Gasteiger charge is 2.21. The summed E-state index contributed by atoms with van der Waals surface area (Å²) in [7, 11) is 0. The maximum absolute atomic E-state index is 12.9. The van der Waals surface area contributed by atoms with E-state index in [1.807, 2.05) is 58.0 Å². The van der Waals surface area contributed by atoms with Gasteiger partial charge in [-0.2, -0.15) is 0 Å². The Hall–Kier alpha value is -2.30. The highest BCUT2D eigenvalue weighted by Crippen LogP contribution is 2.24. The Labute approximate surface area is 200 Å². The van der Waals surface area contributed by atoms with Crippen LogP contribution in [-0.2, 0) is 10.5 Å². The van der Waals surface area contributed by atoms with Crippen LogP contribution < -0.4 is 5.32 Å². The van der Waals surface area contributed by atoms with E-state index in [4.69, 9.17) is 4.74 Å². The van der Waals surface area contributed by atoms with Gasteiger partial charge in [-0.3, -0.25) is 4.79 Å². The standard InChI is InChI=1S/C22H27BrN6O2S/c1-14(2)31-11-5-10-24-21(30)20-19(13-32-22-25-15(3)12-16(4)26-22)29(28-27-20)18-8-6-17(23)7-9-18/h6-9,12,14H,5,10-11,13H2,1-4H3,(H,24,30). The number of hydrogen-bond donors (Lipinski definition) is 1. The zero-order valence-electron chi connectivity index (χ0n) is 18.6. The zero-order chi connectivity index (χ0) is 23.1. The van der Waals surface area contributed by atoms with Gasteiger partial charge >= 0.3 is 0 Å². The monoisotopic (exact) mass is 518 g/mol. The Morgan fingerprint density at radius 2 is 1.88 bits per heavy atom. The number of hydrogen-bond acceptors (Lipinski definition) is 7. The zero-order valence-corrected chi connectivity index (χ0v) is 21.0. The van der Waals surface area contributed by atoms with E-state index in [1.54, 1.807) is 4.68 Å². The van der Waals surface area contributed by atoms with Crippen LogP contribution in [0.5, 0.6) is 0 Å². The molecule has 10 heteroatoms. The number of nitrogens with zero attached hydrogens (tertiary/aromatic N) is 5. The van der Waals surface area contributed by atoms with Crippen LogP contribution in [0.1, 0.15) is 47.8 Å². The van der Waals surface area contributed by atoms with Gasteiger partial charge in [0.15, 0.2) is 10.9 Å². The first-order chi connectivity index (χ1) is 15.3. The van der Waals surface area contributed by atoms with E-state index in [9.17, 15) is 4.79 Å². The average molecular weight is 519 g/mol. The number of nitrogens with one attached hydrogen (secondary N) is 1. The number of ether oxygens (including phenoxy) is 1. The van der Waals surface area contributed by atoms with Crippen molar-refractivity contribution in [1.82, 2.24) is 30.3 Å². The second-order valence-electron chi connectivity index (χ2n) is 7.52. The molecule has 1 amide bonds. The number of amides is 1. The van der Waals surface area contributed by atoms with Crippen molar-refractivity contribution in [2.24, 2.45) is 0 Å². The van der Waals surface area contributed by atoms with Gasteiger partial charge in [0.2, 0.25) is 0 Å². The van der Waals surface area contributed by atoms with Crippen molar-refractivity contribution in [2.45, 2.75) is 51.1 Å². The van der Waals surface area contributed by atoms with Crippen molar-refractivity contribution in [3.8, 4) is 5.69 Å². The molecule has 0 aliphatic carbocycles. The number of aryl methyl sites for hydroxylation is 2. The predicted octanol–water partition coefficient (Wildman–Crippen LogP) is 4.27. The normalized spacial score (nSPS) is 11.2. The first-order valence-electron chi connectivity index (χ1n) is 10.4. The predicted molar refractivity (Wildman–Crippen MR) is 128 cm³/mol. The molecule has 3 aromatic rings. The first-order valence-corrected chi connectivity index (χ1v) is 12.2. The molecule has 0 saturated heterocycles. The summed E-state index contributed by atoms with van der Waals surface area (Å²) in [5.74, 6) is 0.195. The highest BCUT2D eigenvalue weighted by atomic mass is 79.9. The fourth-order valence-corrected chi connectivity index (χ4v) is 4.17. The van der Waals surface area contributed by atoms with E-state index in [-0.39, 0.29) is 12.0 Å². The van der Waals surface area contributed by atoms with Gasteiger partial charge in [0.1, 0.15) is 0 Å². The van der Waals surface area contributed by atoms with Gasteiger partial charge in [0.25, 0.3) is 5.91 Å². The van der Waals surface area contributed by atoms with Crippen molar-refractivity contribution in [3.05, 3.63) is 57.6 Å². The van der Waals surface area contributed by atoms with Gasteiger partial charge in [-0.1, -0.05) is 32.9 Å². The summed E-state index contributed by atoms with van der Waals surface area (Å²) in [5.41, 5.74) is 3.62. The van der Waals surface area contributed by atoms with Gasteiger partial charge in [0.05, 0.1) is 17.5 Å². The van der Waals surface area contributed by atoms with E-state index >= 15 is 0 Å². The summed E-state index contributed by atoms with van der Waals surface area (Å²) >= 11 is 4.90. The molecular formula is C22H27BrN6O2S. The Morgan fingerprint density at radius 3 is 2.53 bits per heavy atom. The Kier molecular flexibility index (Phi) is 8.77. The van der Waals surface area contributed by atoms with E-state index < -0.39 is 0 Å². The second-order valence-corrected chi connectivity index (χ2v) is 9.38. The first kappa shape index (κ1) is 24.3. The molecule has 0 fully saturated rings. The minimum absolute atomic E-state index is 0.174. The number of thioether (sulfide) groups is 1. The molecule has 0 atom stereocenters. The van der Waals surface area contributed by atoms with Gasteiger partial charge in [-0.25, -0.2) is 14.6 Å². The summed E-state index contributed by atoms with van der Waals surface area (Å²) in [6.07, 6.45) is 0.901. The number of aromatic nitrogens is 5. The van der Waals surface area contributed by atoms with Crippen LogP contribution in [-0.4, -0.2) is 50.1 Å². The molecule has 3 rings (SSSR count). The summed E-state index contributed by atoms with van der Waals surface area (Å²) in [6.45, 7) is 8.95. The van der Waals surface area contributed by atoms with E-state index in [0.29, 0.717) is 35.4 Å². The maximum atomic E-state index is 12.9. The van der Waals surface area contributed by atoms with Crippen LogP contribution in [0.3, 0.4) is 0 Å². The van der Waals surface area contributed by atoms with E-state index in [0.717, 1.165) is 28.0 Å². The quantitative estimate of drug-likeness (QED) is 0.243.